The summed E-state index contributed by atoms with van der Waals surface area (Å²) >= 11 is 0. The van der Waals surface area contributed by atoms with E-state index >= 15 is 0 Å². The summed E-state index contributed by atoms with van der Waals surface area (Å²) in [5, 5.41) is 7.87. The molecule has 1 amide bonds. The van der Waals surface area contributed by atoms with Gasteiger partial charge in [-0.05, 0) is 30.3 Å². The van der Waals surface area contributed by atoms with E-state index in [0.717, 1.165) is 0 Å². The summed E-state index contributed by atoms with van der Waals surface area (Å²) < 4.78 is 6.25. The molecule has 0 bridgehead atoms. The highest BCUT2D eigenvalue weighted by atomic mass is 16.5. The average molecular weight is 309 g/mol. The number of fused-ring (bicyclic) bond motifs is 1. The lowest BCUT2D eigenvalue weighted by atomic mass is 10.1. The van der Waals surface area contributed by atoms with Crippen molar-refractivity contribution < 1.29 is 9.53 Å². The van der Waals surface area contributed by atoms with E-state index in [9.17, 15) is 9.59 Å². The lowest BCUT2D eigenvalue weighted by Crippen LogP contribution is -2.25. The van der Waals surface area contributed by atoms with Crippen LogP contribution in [0.25, 0.3) is 10.8 Å². The topological polar surface area (TPSA) is 73.2 Å². The van der Waals surface area contributed by atoms with E-state index < -0.39 is 0 Å². The van der Waals surface area contributed by atoms with E-state index in [1.54, 1.807) is 55.6 Å². The Balaban J connectivity index is 2.00. The van der Waals surface area contributed by atoms with E-state index in [1.807, 2.05) is 0 Å². The van der Waals surface area contributed by atoms with Gasteiger partial charge in [0.2, 0.25) is 0 Å². The Morgan fingerprint density at radius 2 is 1.74 bits per heavy atom. The maximum absolute atomic E-state index is 12.5. The van der Waals surface area contributed by atoms with Crippen LogP contribution in [-0.4, -0.2) is 22.8 Å². The molecule has 0 atom stereocenters. The summed E-state index contributed by atoms with van der Waals surface area (Å²) in [5.41, 5.74) is 0.593. The number of rotatable bonds is 3. The number of aromatic nitrogens is 2. The van der Waals surface area contributed by atoms with Gasteiger partial charge in [-0.3, -0.25) is 9.59 Å². The molecule has 0 radical (unpaired) electrons. The fourth-order valence-corrected chi connectivity index (χ4v) is 2.33. The van der Waals surface area contributed by atoms with Crippen molar-refractivity contribution in [3.05, 3.63) is 64.6 Å². The number of aryl methyl sites for hydroxylation is 1. The first-order valence-corrected chi connectivity index (χ1v) is 7.01. The van der Waals surface area contributed by atoms with Crippen molar-refractivity contribution in [3.8, 4) is 5.75 Å². The van der Waals surface area contributed by atoms with E-state index in [4.69, 9.17) is 4.74 Å². The van der Waals surface area contributed by atoms with Gasteiger partial charge >= 0.3 is 0 Å². The first-order chi connectivity index (χ1) is 11.1. The van der Waals surface area contributed by atoms with Crippen molar-refractivity contribution >= 4 is 22.4 Å². The number of carbonyl (C=O) groups is 1. The normalized spacial score (nSPS) is 10.5. The third-order valence-electron chi connectivity index (χ3n) is 3.52. The summed E-state index contributed by atoms with van der Waals surface area (Å²) in [6, 6.07) is 13.9. The van der Waals surface area contributed by atoms with Crippen LogP contribution in [0.15, 0.2) is 53.3 Å². The standard InChI is InChI=1S/C17H15N3O3/c1-20-17(22)14-6-4-3-5-13(14)15(19-20)16(21)18-11-7-9-12(23-2)10-8-11/h3-10H,1-2H3,(H,18,21). The molecule has 0 aliphatic rings. The minimum absolute atomic E-state index is 0.207. The number of anilines is 1. The Hall–Kier alpha value is -3.15. The summed E-state index contributed by atoms with van der Waals surface area (Å²) in [6.45, 7) is 0. The maximum Gasteiger partial charge on any atom is 0.276 e. The number of benzene rings is 2. The quantitative estimate of drug-likeness (QED) is 0.805. The van der Waals surface area contributed by atoms with Crippen LogP contribution in [0.3, 0.4) is 0 Å². The molecular formula is C17H15N3O3. The molecule has 6 nitrogen and oxygen atoms in total. The van der Waals surface area contributed by atoms with Crippen LogP contribution in [0.4, 0.5) is 5.69 Å². The molecule has 0 saturated heterocycles. The highest BCUT2D eigenvalue weighted by Gasteiger charge is 2.15. The monoisotopic (exact) mass is 309 g/mol. The number of hydrogen-bond donors (Lipinski definition) is 1. The minimum Gasteiger partial charge on any atom is -0.497 e. The van der Waals surface area contributed by atoms with E-state index in [-0.39, 0.29) is 17.2 Å². The van der Waals surface area contributed by atoms with Gasteiger partial charge < -0.3 is 10.1 Å². The molecule has 1 aromatic heterocycles. The van der Waals surface area contributed by atoms with E-state index in [2.05, 4.69) is 10.4 Å². The second kappa shape index (κ2) is 5.92. The number of hydrogen-bond acceptors (Lipinski definition) is 4. The van der Waals surface area contributed by atoms with Gasteiger partial charge in [0.25, 0.3) is 11.5 Å². The predicted molar refractivity (Wildman–Crippen MR) is 87.9 cm³/mol. The number of nitrogens with one attached hydrogen (secondary N) is 1. The van der Waals surface area contributed by atoms with Gasteiger partial charge in [-0.2, -0.15) is 5.10 Å². The van der Waals surface area contributed by atoms with Crippen molar-refractivity contribution in [1.29, 1.82) is 0 Å². The maximum atomic E-state index is 12.5. The van der Waals surface area contributed by atoms with Gasteiger partial charge in [-0.15, -0.1) is 0 Å². The van der Waals surface area contributed by atoms with E-state index in [0.29, 0.717) is 22.2 Å². The zero-order valence-corrected chi connectivity index (χ0v) is 12.7. The smallest absolute Gasteiger partial charge is 0.276 e. The molecule has 0 unspecified atom stereocenters. The van der Waals surface area contributed by atoms with Gasteiger partial charge in [0.1, 0.15) is 5.75 Å². The zero-order chi connectivity index (χ0) is 16.4. The Labute approximate surface area is 132 Å². The molecule has 1 heterocycles. The fourth-order valence-electron chi connectivity index (χ4n) is 2.33. The van der Waals surface area contributed by atoms with Gasteiger partial charge in [0.05, 0.1) is 12.5 Å². The highest BCUT2D eigenvalue weighted by Crippen LogP contribution is 2.18. The lowest BCUT2D eigenvalue weighted by Gasteiger charge is -2.09. The third-order valence-corrected chi connectivity index (χ3v) is 3.52. The van der Waals surface area contributed by atoms with Crippen molar-refractivity contribution in [2.24, 2.45) is 7.05 Å². The molecule has 0 fully saturated rings. The van der Waals surface area contributed by atoms with Gasteiger partial charge in [-0.25, -0.2) is 4.68 Å². The number of ether oxygens (including phenoxy) is 1. The Bertz CT molecular complexity index is 930. The lowest BCUT2D eigenvalue weighted by molar-refractivity contribution is 0.102. The molecule has 1 N–H and O–H groups in total. The number of nitrogens with zero attached hydrogens (tertiary/aromatic N) is 2. The Morgan fingerprint density at radius 1 is 1.09 bits per heavy atom. The van der Waals surface area contributed by atoms with Gasteiger partial charge in [-0.1, -0.05) is 18.2 Å². The first-order valence-electron chi connectivity index (χ1n) is 7.01. The van der Waals surface area contributed by atoms with Crippen molar-refractivity contribution in [2.75, 3.05) is 12.4 Å². The van der Waals surface area contributed by atoms with E-state index in [1.165, 1.54) is 11.7 Å². The molecular weight excluding hydrogens is 294 g/mol. The average Bonchev–Trinajstić information content (AvgIpc) is 2.58. The van der Waals surface area contributed by atoms with Crippen molar-refractivity contribution in [1.82, 2.24) is 9.78 Å². The largest absolute Gasteiger partial charge is 0.497 e. The molecule has 116 valence electrons. The number of amides is 1. The molecule has 0 spiro atoms. The molecule has 0 aliphatic heterocycles. The first kappa shape index (κ1) is 14.8. The molecule has 0 saturated carbocycles. The van der Waals surface area contributed by atoms with Crippen LogP contribution in [0.1, 0.15) is 10.5 Å². The molecule has 3 rings (SSSR count). The molecule has 0 aliphatic carbocycles. The van der Waals surface area contributed by atoms with Crippen molar-refractivity contribution in [3.63, 3.8) is 0 Å². The molecule has 3 aromatic rings. The summed E-state index contributed by atoms with van der Waals surface area (Å²) in [6.07, 6.45) is 0. The predicted octanol–water partition coefficient (Wildman–Crippen LogP) is 2.19. The van der Waals surface area contributed by atoms with Crippen LogP contribution in [0.5, 0.6) is 5.75 Å². The summed E-state index contributed by atoms with van der Waals surface area (Å²) in [4.78, 5) is 24.6. The Kier molecular flexibility index (Phi) is 3.80. The number of carbonyl (C=O) groups excluding carboxylic acids is 1. The van der Waals surface area contributed by atoms with Crippen LogP contribution < -0.4 is 15.6 Å². The van der Waals surface area contributed by atoms with Crippen LogP contribution in [0, 0.1) is 0 Å². The summed E-state index contributed by atoms with van der Waals surface area (Å²) in [5.74, 6) is 0.329. The van der Waals surface area contributed by atoms with Crippen molar-refractivity contribution in [2.45, 2.75) is 0 Å². The highest BCUT2D eigenvalue weighted by molar-refractivity contribution is 6.11. The second-order valence-electron chi connectivity index (χ2n) is 5.01. The molecule has 6 heteroatoms. The molecule has 2 aromatic carbocycles. The Morgan fingerprint density at radius 3 is 2.39 bits per heavy atom. The van der Waals surface area contributed by atoms with Crippen LogP contribution in [0.2, 0.25) is 0 Å². The van der Waals surface area contributed by atoms with Gasteiger partial charge in [0.15, 0.2) is 5.69 Å². The third kappa shape index (κ3) is 2.78. The van der Waals surface area contributed by atoms with Gasteiger partial charge in [0, 0.05) is 18.1 Å². The van der Waals surface area contributed by atoms with Crippen LogP contribution in [-0.2, 0) is 7.05 Å². The SMILES string of the molecule is COc1ccc(NC(=O)c2nn(C)c(=O)c3ccccc23)cc1. The molecule has 23 heavy (non-hydrogen) atoms. The second-order valence-corrected chi connectivity index (χ2v) is 5.01. The fraction of sp³-hybridized carbons (Fsp3) is 0.118. The minimum atomic E-state index is -0.373. The number of methoxy groups -OCH3 is 1. The zero-order valence-electron chi connectivity index (χ0n) is 12.7. The van der Waals surface area contributed by atoms with Crippen LogP contribution >= 0.6 is 0 Å². The summed E-state index contributed by atoms with van der Waals surface area (Å²) in [7, 11) is 3.10.